The molecule has 0 amide bonds. The molecule has 2 unspecified atom stereocenters. The number of cyclic esters (lactones) is 1. The Hall–Kier alpha value is -1.65. The zero-order valence-electron chi connectivity index (χ0n) is 22.3. The summed E-state index contributed by atoms with van der Waals surface area (Å²) < 4.78 is 11.9. The molecule has 7 atom stereocenters. The number of nitrogens with two attached hydrogens (primary N) is 1. The number of carbonyl (C=O) groups excluding carboxylic acids is 2. The summed E-state index contributed by atoms with van der Waals surface area (Å²) >= 11 is 1.48. The van der Waals surface area contributed by atoms with Crippen LogP contribution in [0.2, 0.25) is 0 Å². The number of Topliss-reactive ketones (excluding diaryl/α,β-unsaturated/α-hetero) is 1. The van der Waals surface area contributed by atoms with Gasteiger partial charge in [0.2, 0.25) is 0 Å². The number of aliphatic hydroxyl groups excluding tert-OH is 2. The quantitative estimate of drug-likeness (QED) is 0.405. The van der Waals surface area contributed by atoms with Crippen molar-refractivity contribution >= 4 is 29.2 Å². The number of rotatable bonds is 3. The fourth-order valence-electron chi connectivity index (χ4n) is 5.11. The molecule has 0 aromatic carbocycles. The van der Waals surface area contributed by atoms with E-state index in [1.807, 2.05) is 25.3 Å². The molecule has 9 heteroatoms. The van der Waals surface area contributed by atoms with Crippen LogP contribution in [0.25, 0.3) is 6.08 Å². The number of aromatic nitrogens is 1. The number of ketones is 1. The van der Waals surface area contributed by atoms with Crippen LogP contribution in [0.3, 0.4) is 0 Å². The monoisotopic (exact) mass is 522 g/mol. The van der Waals surface area contributed by atoms with Gasteiger partial charge in [0.1, 0.15) is 16.9 Å². The first-order valence-corrected chi connectivity index (χ1v) is 13.8. The first kappa shape index (κ1) is 28.9. The number of fused-ring (bicyclic) bond motifs is 1. The highest BCUT2D eigenvalue weighted by molar-refractivity contribution is 7.09. The van der Waals surface area contributed by atoms with E-state index in [2.05, 4.69) is 11.9 Å². The number of nitrogens with zero attached hydrogens (tertiary/aromatic N) is 1. The van der Waals surface area contributed by atoms with Crippen molar-refractivity contribution in [2.24, 2.45) is 23.0 Å². The van der Waals surface area contributed by atoms with E-state index in [1.165, 1.54) is 11.3 Å². The van der Waals surface area contributed by atoms with Gasteiger partial charge in [-0.25, -0.2) is 4.98 Å². The van der Waals surface area contributed by atoms with Crippen molar-refractivity contribution in [1.82, 2.24) is 4.98 Å². The van der Waals surface area contributed by atoms with Gasteiger partial charge in [-0.05, 0) is 44.3 Å². The van der Waals surface area contributed by atoms with Crippen LogP contribution in [-0.2, 0) is 25.6 Å². The van der Waals surface area contributed by atoms with E-state index in [1.54, 1.807) is 20.8 Å². The van der Waals surface area contributed by atoms with Crippen LogP contribution < -0.4 is 5.73 Å². The zero-order chi connectivity index (χ0) is 26.8. The number of esters is 1. The summed E-state index contributed by atoms with van der Waals surface area (Å²) in [5.74, 6) is -1.59. The van der Waals surface area contributed by atoms with Crippen molar-refractivity contribution in [2.75, 3.05) is 0 Å². The minimum absolute atomic E-state index is 0.0660. The second-order valence-electron chi connectivity index (χ2n) is 11.3. The lowest BCUT2D eigenvalue weighted by atomic mass is 9.73. The number of thiazole rings is 1. The maximum Gasteiger partial charge on any atom is 0.309 e. The molecule has 0 saturated carbocycles. The van der Waals surface area contributed by atoms with Crippen LogP contribution >= 0.6 is 11.3 Å². The van der Waals surface area contributed by atoms with Crippen LogP contribution in [0.1, 0.15) is 84.3 Å². The van der Waals surface area contributed by atoms with E-state index in [4.69, 9.17) is 15.2 Å². The maximum absolute atomic E-state index is 13.2. The summed E-state index contributed by atoms with van der Waals surface area (Å²) in [5, 5.41) is 24.5. The average molecular weight is 523 g/mol. The first-order chi connectivity index (χ1) is 16.8. The van der Waals surface area contributed by atoms with Crippen molar-refractivity contribution in [1.29, 1.82) is 0 Å². The predicted octanol–water partition coefficient (Wildman–Crippen LogP) is 3.63. The number of hydrogen-bond donors (Lipinski definition) is 3. The fraction of sp³-hybridized carbons (Fsp3) is 0.741. The molecule has 3 rings (SSSR count). The van der Waals surface area contributed by atoms with Gasteiger partial charge in [-0.3, -0.25) is 9.59 Å². The van der Waals surface area contributed by atoms with E-state index in [-0.39, 0.29) is 29.8 Å². The Bertz CT molecular complexity index is 975. The van der Waals surface area contributed by atoms with Crippen LogP contribution in [0.15, 0.2) is 11.0 Å². The van der Waals surface area contributed by atoms with Gasteiger partial charge in [0.15, 0.2) is 0 Å². The van der Waals surface area contributed by atoms with Gasteiger partial charge in [-0.15, -0.1) is 11.3 Å². The lowest BCUT2D eigenvalue weighted by molar-refractivity contribution is -0.154. The SMILES string of the molecule is C/C(=C\c1csc(CN)n1)[C@@H]1C[C@@H]2O[C@]2(C)CCCC(C)[C@H](O)C(C)C(=O)C(C)(C)[C@@H](O)CC(=O)O1. The summed E-state index contributed by atoms with van der Waals surface area (Å²) in [4.78, 5) is 30.7. The molecule has 2 aliphatic rings. The first-order valence-electron chi connectivity index (χ1n) is 12.9. The van der Waals surface area contributed by atoms with Gasteiger partial charge in [0.05, 0.1) is 41.4 Å². The lowest BCUT2D eigenvalue weighted by Crippen LogP contribution is -2.45. The van der Waals surface area contributed by atoms with Crippen molar-refractivity contribution in [3.63, 3.8) is 0 Å². The topological polar surface area (TPSA) is 135 Å². The molecule has 0 radical (unpaired) electrons. The Balaban J connectivity index is 1.85. The minimum Gasteiger partial charge on any atom is -0.458 e. The molecule has 202 valence electrons. The number of hydrogen-bond acceptors (Lipinski definition) is 9. The van der Waals surface area contributed by atoms with Gasteiger partial charge >= 0.3 is 5.97 Å². The summed E-state index contributed by atoms with van der Waals surface area (Å²) in [6, 6.07) is 0. The molecule has 0 bridgehead atoms. The third-order valence-corrected chi connectivity index (χ3v) is 8.92. The molecule has 0 aliphatic carbocycles. The van der Waals surface area contributed by atoms with Gasteiger partial charge in [0.25, 0.3) is 0 Å². The van der Waals surface area contributed by atoms with E-state index in [0.29, 0.717) is 13.0 Å². The van der Waals surface area contributed by atoms with E-state index < -0.39 is 35.6 Å². The third kappa shape index (κ3) is 6.61. The minimum atomic E-state index is -1.24. The zero-order valence-corrected chi connectivity index (χ0v) is 23.1. The van der Waals surface area contributed by atoms with E-state index >= 15 is 0 Å². The average Bonchev–Trinajstić information content (AvgIpc) is 3.23. The highest BCUT2D eigenvalue weighted by Crippen LogP contribution is 2.45. The number of carbonyl (C=O) groups is 2. The Morgan fingerprint density at radius 2 is 1.97 bits per heavy atom. The van der Waals surface area contributed by atoms with Crippen molar-refractivity contribution < 1.29 is 29.3 Å². The summed E-state index contributed by atoms with van der Waals surface area (Å²) in [6.45, 7) is 11.2. The Morgan fingerprint density at radius 3 is 2.61 bits per heavy atom. The normalized spacial score (nSPS) is 36.8. The predicted molar refractivity (Wildman–Crippen MR) is 139 cm³/mol. The van der Waals surface area contributed by atoms with Crippen LogP contribution in [0, 0.1) is 17.3 Å². The fourth-order valence-corrected chi connectivity index (χ4v) is 5.74. The molecule has 4 N–H and O–H groups in total. The standard InChI is InChI=1S/C27H42N2O6S/c1-15-8-7-9-27(6)21(35-27)11-19(16(2)10-18-14-36-22(13-28)29-18)34-23(31)12-20(30)26(4,5)25(33)17(3)24(15)32/h10,14-15,17,19-21,24,30,32H,7-9,11-13,28H2,1-6H3/b16-10+/t15?,17?,19-,20-,21-,24-,27+/m0/s1. The molecular weight excluding hydrogens is 480 g/mol. The molecule has 1 aromatic heterocycles. The highest BCUT2D eigenvalue weighted by Gasteiger charge is 2.53. The molecule has 8 nitrogen and oxygen atoms in total. The number of aliphatic hydroxyl groups is 2. The molecule has 1 aromatic rings. The Morgan fingerprint density at radius 1 is 1.28 bits per heavy atom. The van der Waals surface area contributed by atoms with Gasteiger partial charge in [-0.2, -0.15) is 0 Å². The molecule has 3 heterocycles. The Kier molecular flexibility index (Phi) is 9.15. The molecular formula is C27H42N2O6S. The maximum atomic E-state index is 13.2. The lowest BCUT2D eigenvalue weighted by Gasteiger charge is -2.34. The molecule has 0 spiro atoms. The van der Waals surface area contributed by atoms with Crippen molar-refractivity contribution in [3.05, 3.63) is 21.7 Å². The van der Waals surface area contributed by atoms with Crippen LogP contribution in [0.4, 0.5) is 0 Å². The smallest absolute Gasteiger partial charge is 0.309 e. The molecule has 36 heavy (non-hydrogen) atoms. The molecule has 2 fully saturated rings. The molecule has 2 aliphatic heterocycles. The highest BCUT2D eigenvalue weighted by atomic mass is 32.1. The van der Waals surface area contributed by atoms with Gasteiger partial charge in [0, 0.05) is 24.3 Å². The van der Waals surface area contributed by atoms with E-state index in [0.717, 1.165) is 35.5 Å². The Labute approximate surface area is 218 Å². The van der Waals surface area contributed by atoms with Crippen LogP contribution in [0.5, 0.6) is 0 Å². The summed E-state index contributed by atoms with van der Waals surface area (Å²) in [6.07, 6.45) is 1.80. The number of ether oxygens (including phenoxy) is 2. The third-order valence-electron chi connectivity index (χ3n) is 8.03. The summed E-state index contributed by atoms with van der Waals surface area (Å²) in [5.41, 5.74) is 5.74. The summed E-state index contributed by atoms with van der Waals surface area (Å²) in [7, 11) is 0. The van der Waals surface area contributed by atoms with Crippen molar-refractivity contribution in [2.45, 2.75) is 110 Å². The van der Waals surface area contributed by atoms with Crippen molar-refractivity contribution in [3.8, 4) is 0 Å². The molecule has 2 saturated heterocycles. The van der Waals surface area contributed by atoms with Crippen LogP contribution in [-0.4, -0.2) is 57.0 Å². The van der Waals surface area contributed by atoms with Gasteiger partial charge in [-0.1, -0.05) is 34.1 Å². The van der Waals surface area contributed by atoms with Gasteiger partial charge < -0.3 is 25.4 Å². The van der Waals surface area contributed by atoms with E-state index in [9.17, 15) is 19.8 Å². The largest absolute Gasteiger partial charge is 0.458 e. The second kappa shape index (κ2) is 11.4. The number of epoxide rings is 1. The second-order valence-corrected chi connectivity index (χ2v) is 12.3.